The molecule has 0 bridgehead atoms. The summed E-state index contributed by atoms with van der Waals surface area (Å²) in [6, 6.07) is 13.6. The van der Waals surface area contributed by atoms with E-state index in [0.29, 0.717) is 26.5 Å². The predicted molar refractivity (Wildman–Crippen MR) is 77.1 cm³/mol. The molecule has 21 heavy (non-hydrogen) atoms. The minimum atomic E-state index is -1.08. The maximum absolute atomic E-state index is 12.5. The fourth-order valence-electron chi connectivity index (χ4n) is 2.75. The van der Waals surface area contributed by atoms with Crippen LogP contribution in [0.2, 0.25) is 0 Å². The van der Waals surface area contributed by atoms with Crippen molar-refractivity contribution >= 4 is 38.9 Å². The van der Waals surface area contributed by atoms with Crippen molar-refractivity contribution < 1.29 is 19.0 Å². The topological polar surface area (TPSA) is 77.4 Å². The second kappa shape index (κ2) is 3.96. The Kier molecular flexibility index (Phi) is 2.21. The van der Waals surface area contributed by atoms with Gasteiger partial charge in [-0.2, -0.15) is 0 Å². The number of para-hydroxylation sites is 2. The number of carbonyl (C=O) groups is 1. The molecule has 2 aromatic heterocycles. The van der Waals surface area contributed by atoms with Crippen LogP contribution in [0.3, 0.4) is 0 Å². The molecule has 0 aliphatic carbocycles. The maximum Gasteiger partial charge on any atom is 0.394 e. The number of nitrogens with zero attached hydrogens (tertiary/aromatic N) is 1. The van der Waals surface area contributed by atoms with E-state index in [1.54, 1.807) is 48.5 Å². The van der Waals surface area contributed by atoms with E-state index in [9.17, 15) is 15.1 Å². The third-order valence-corrected chi connectivity index (χ3v) is 3.62. The monoisotopic (exact) mass is 279 g/mol. The highest BCUT2D eigenvalue weighted by molar-refractivity contribution is 6.19. The molecule has 0 amide bonds. The van der Waals surface area contributed by atoms with Crippen molar-refractivity contribution in [2.24, 2.45) is 0 Å². The Balaban J connectivity index is 2.41. The molecule has 0 aliphatic heterocycles. The van der Waals surface area contributed by atoms with E-state index >= 15 is 0 Å². The average molecular weight is 279 g/mol. The highest BCUT2D eigenvalue weighted by atomic mass is 16.5. The molecule has 0 atom stereocenters. The van der Waals surface area contributed by atoms with E-state index in [1.165, 1.54) is 0 Å². The number of carboxylic acids is 1. The van der Waals surface area contributed by atoms with Gasteiger partial charge in [0, 0.05) is 11.5 Å². The molecular weight excluding hydrogens is 270 g/mol. The lowest BCUT2D eigenvalue weighted by molar-refractivity contribution is -0.555. The minimum absolute atomic E-state index is 0.0206. The molecule has 0 spiro atoms. The van der Waals surface area contributed by atoms with Gasteiger partial charge in [0.25, 0.3) is 0 Å². The fraction of sp³-hybridized carbons (Fsp3) is 0. The summed E-state index contributed by atoms with van der Waals surface area (Å²) in [7, 11) is 0. The molecule has 0 unspecified atom stereocenters. The first kappa shape index (κ1) is 11.7. The van der Waals surface area contributed by atoms with Crippen LogP contribution in [0.5, 0.6) is 0 Å². The van der Waals surface area contributed by atoms with Crippen LogP contribution in [0, 0.1) is 5.21 Å². The third-order valence-electron chi connectivity index (χ3n) is 3.62. The first-order valence-corrected chi connectivity index (χ1v) is 6.37. The van der Waals surface area contributed by atoms with E-state index < -0.39 is 5.97 Å². The number of carboxylic acid groups (broad SMARTS) is 1. The predicted octanol–water partition coefficient (Wildman–Crippen LogP) is 3.07. The average Bonchev–Trinajstić information content (AvgIpc) is 2.87. The zero-order valence-corrected chi connectivity index (χ0v) is 10.7. The van der Waals surface area contributed by atoms with Gasteiger partial charge in [0.2, 0.25) is 5.52 Å². The van der Waals surface area contributed by atoms with Gasteiger partial charge in [-0.3, -0.25) is 0 Å². The normalized spacial score (nSPS) is 11.4. The van der Waals surface area contributed by atoms with Crippen molar-refractivity contribution in [1.82, 2.24) is 0 Å². The molecule has 0 radical (unpaired) electrons. The minimum Gasteiger partial charge on any atom is -0.616 e. The van der Waals surface area contributed by atoms with Gasteiger partial charge in [-0.15, -0.1) is 4.73 Å². The van der Waals surface area contributed by atoms with Crippen molar-refractivity contribution in [3.8, 4) is 0 Å². The van der Waals surface area contributed by atoms with Crippen LogP contribution >= 0.6 is 0 Å². The fourth-order valence-corrected chi connectivity index (χ4v) is 2.75. The molecule has 0 aliphatic rings. The van der Waals surface area contributed by atoms with Crippen molar-refractivity contribution in [2.45, 2.75) is 0 Å². The number of aromatic carboxylic acids is 1. The molecule has 0 fully saturated rings. The number of rotatable bonds is 1. The zero-order valence-electron chi connectivity index (χ0n) is 10.7. The highest BCUT2D eigenvalue weighted by Crippen LogP contribution is 2.33. The molecule has 2 aromatic carbocycles. The van der Waals surface area contributed by atoms with E-state index in [-0.39, 0.29) is 16.8 Å². The Morgan fingerprint density at radius 3 is 2.48 bits per heavy atom. The zero-order chi connectivity index (χ0) is 14.6. The lowest BCUT2D eigenvalue weighted by atomic mass is 10.0. The largest absolute Gasteiger partial charge is 0.616 e. The van der Waals surface area contributed by atoms with Gasteiger partial charge in [0.15, 0.2) is 0 Å². The molecule has 2 heterocycles. The number of aromatic nitrogens is 1. The third kappa shape index (κ3) is 1.45. The van der Waals surface area contributed by atoms with Gasteiger partial charge in [-0.05, 0) is 12.1 Å². The van der Waals surface area contributed by atoms with E-state index in [2.05, 4.69) is 0 Å². The highest BCUT2D eigenvalue weighted by Gasteiger charge is 2.26. The van der Waals surface area contributed by atoms with Crippen LogP contribution in [0.1, 0.15) is 10.4 Å². The number of furan rings is 1. The summed E-state index contributed by atoms with van der Waals surface area (Å²) < 4.78 is 6.22. The van der Waals surface area contributed by atoms with E-state index in [4.69, 9.17) is 4.42 Å². The van der Waals surface area contributed by atoms with Gasteiger partial charge < -0.3 is 14.7 Å². The van der Waals surface area contributed by atoms with Crippen molar-refractivity contribution in [3.05, 3.63) is 59.3 Å². The summed E-state index contributed by atoms with van der Waals surface area (Å²) >= 11 is 0. The van der Waals surface area contributed by atoms with Crippen molar-refractivity contribution in [3.63, 3.8) is 0 Å². The van der Waals surface area contributed by atoms with Gasteiger partial charge >= 0.3 is 11.7 Å². The van der Waals surface area contributed by atoms with Crippen LogP contribution in [-0.4, -0.2) is 11.1 Å². The standard InChI is InChI=1S/C16H9NO4/c18-16(19)14-9-5-1-3-7-11(9)17(20)15-13(14)10-6-2-4-8-12(10)21-15/h1-8H,(H,18,19). The van der Waals surface area contributed by atoms with Gasteiger partial charge in [-0.1, -0.05) is 30.3 Å². The Hall–Kier alpha value is -3.08. The summed E-state index contributed by atoms with van der Waals surface area (Å²) in [4.78, 5) is 11.7. The van der Waals surface area contributed by atoms with Crippen molar-refractivity contribution in [1.29, 1.82) is 0 Å². The SMILES string of the molecule is O=C(O)c1c2ccccc2[n+]([O-])c2oc3ccccc3c12. The Labute approximate surface area is 118 Å². The molecule has 4 aromatic rings. The molecule has 0 saturated carbocycles. The Morgan fingerprint density at radius 2 is 1.71 bits per heavy atom. The first-order chi connectivity index (χ1) is 10.2. The van der Waals surface area contributed by atoms with E-state index in [1.807, 2.05) is 0 Å². The first-order valence-electron chi connectivity index (χ1n) is 6.37. The van der Waals surface area contributed by atoms with Crippen LogP contribution < -0.4 is 4.73 Å². The number of pyridine rings is 1. The van der Waals surface area contributed by atoms with Gasteiger partial charge in [0.05, 0.1) is 10.9 Å². The molecule has 5 nitrogen and oxygen atoms in total. The van der Waals surface area contributed by atoms with Crippen LogP contribution in [0.25, 0.3) is 33.0 Å². The van der Waals surface area contributed by atoms with Crippen molar-refractivity contribution in [2.75, 3.05) is 0 Å². The number of hydrogen-bond donors (Lipinski definition) is 1. The summed E-state index contributed by atoms with van der Waals surface area (Å²) in [6.07, 6.45) is 0. The second-order valence-corrected chi connectivity index (χ2v) is 4.77. The van der Waals surface area contributed by atoms with Crippen LogP contribution in [0.4, 0.5) is 0 Å². The lowest BCUT2D eigenvalue weighted by Crippen LogP contribution is -2.28. The Morgan fingerprint density at radius 1 is 1.05 bits per heavy atom. The Bertz CT molecular complexity index is 1030. The molecule has 102 valence electrons. The maximum atomic E-state index is 12.5. The number of benzene rings is 2. The van der Waals surface area contributed by atoms with E-state index in [0.717, 1.165) is 0 Å². The number of hydrogen-bond acceptors (Lipinski definition) is 3. The molecule has 1 N–H and O–H groups in total. The smallest absolute Gasteiger partial charge is 0.394 e. The summed E-state index contributed by atoms with van der Waals surface area (Å²) in [5, 5.41) is 23.4. The summed E-state index contributed by atoms with van der Waals surface area (Å²) in [5.74, 6) is -1.08. The summed E-state index contributed by atoms with van der Waals surface area (Å²) in [6.45, 7) is 0. The summed E-state index contributed by atoms with van der Waals surface area (Å²) in [5.41, 5.74) is 0.890. The lowest BCUT2D eigenvalue weighted by Gasteiger charge is -2.05. The van der Waals surface area contributed by atoms with Gasteiger partial charge in [0.1, 0.15) is 11.0 Å². The molecule has 5 heteroatoms. The van der Waals surface area contributed by atoms with Crippen LogP contribution in [-0.2, 0) is 0 Å². The van der Waals surface area contributed by atoms with Gasteiger partial charge in [-0.25, -0.2) is 4.79 Å². The quantitative estimate of drug-likeness (QED) is 0.429. The number of fused-ring (bicyclic) bond motifs is 4. The molecule has 0 saturated heterocycles. The molecular formula is C16H9NO4. The molecule has 4 rings (SSSR count). The second-order valence-electron chi connectivity index (χ2n) is 4.77. The van der Waals surface area contributed by atoms with Crippen LogP contribution in [0.15, 0.2) is 52.9 Å².